The molecule has 5 nitrogen and oxygen atoms in total. The average molecular weight is 249 g/mol. The predicted molar refractivity (Wildman–Crippen MR) is 70.0 cm³/mol. The van der Waals surface area contributed by atoms with Crippen LogP contribution in [0.25, 0.3) is 0 Å². The Balaban J connectivity index is 2.19. The molecule has 0 aromatic heterocycles. The lowest BCUT2D eigenvalue weighted by atomic mass is 10.1. The van der Waals surface area contributed by atoms with Gasteiger partial charge in [0.25, 0.3) is 0 Å². The first-order chi connectivity index (χ1) is 8.58. The zero-order valence-electron chi connectivity index (χ0n) is 10.6. The van der Waals surface area contributed by atoms with Crippen LogP contribution < -0.4 is 11.1 Å². The third-order valence-corrected chi connectivity index (χ3v) is 2.52. The lowest BCUT2D eigenvalue weighted by Gasteiger charge is -2.15. The first-order valence-corrected chi connectivity index (χ1v) is 5.89. The number of urea groups is 1. The summed E-state index contributed by atoms with van der Waals surface area (Å²) in [6.07, 6.45) is 1.94. The SMILES string of the molecule is CN(CCCc1ccccc1)CC(=O)NC(N)=O. The first kappa shape index (κ1) is 14.2. The lowest BCUT2D eigenvalue weighted by molar-refractivity contribution is -0.120. The molecule has 0 saturated carbocycles. The summed E-state index contributed by atoms with van der Waals surface area (Å²) in [6.45, 7) is 0.971. The van der Waals surface area contributed by atoms with Crippen LogP contribution >= 0.6 is 0 Å². The summed E-state index contributed by atoms with van der Waals surface area (Å²) in [5, 5.41) is 2.04. The molecule has 0 bridgehead atoms. The summed E-state index contributed by atoms with van der Waals surface area (Å²) in [5.41, 5.74) is 6.14. The van der Waals surface area contributed by atoms with Gasteiger partial charge < -0.3 is 5.73 Å². The van der Waals surface area contributed by atoms with Crippen molar-refractivity contribution < 1.29 is 9.59 Å². The maximum Gasteiger partial charge on any atom is 0.318 e. The smallest absolute Gasteiger partial charge is 0.318 e. The number of carbonyl (C=O) groups excluding carboxylic acids is 2. The normalized spacial score (nSPS) is 10.3. The fourth-order valence-corrected chi connectivity index (χ4v) is 1.70. The molecule has 0 aliphatic heterocycles. The fourth-order valence-electron chi connectivity index (χ4n) is 1.70. The van der Waals surface area contributed by atoms with Gasteiger partial charge in [0.2, 0.25) is 5.91 Å². The highest BCUT2D eigenvalue weighted by Gasteiger charge is 2.07. The van der Waals surface area contributed by atoms with E-state index in [1.807, 2.05) is 35.5 Å². The zero-order chi connectivity index (χ0) is 13.4. The summed E-state index contributed by atoms with van der Waals surface area (Å²) in [6, 6.07) is 9.37. The maximum atomic E-state index is 11.2. The van der Waals surface area contributed by atoms with E-state index < -0.39 is 6.03 Å². The highest BCUT2D eigenvalue weighted by atomic mass is 16.2. The minimum absolute atomic E-state index is 0.178. The Morgan fingerprint density at radius 3 is 2.56 bits per heavy atom. The van der Waals surface area contributed by atoms with Gasteiger partial charge in [-0.15, -0.1) is 0 Å². The third-order valence-electron chi connectivity index (χ3n) is 2.52. The van der Waals surface area contributed by atoms with Crippen molar-refractivity contribution in [2.24, 2.45) is 5.73 Å². The van der Waals surface area contributed by atoms with E-state index in [2.05, 4.69) is 12.1 Å². The van der Waals surface area contributed by atoms with E-state index in [9.17, 15) is 9.59 Å². The van der Waals surface area contributed by atoms with Gasteiger partial charge in [0, 0.05) is 0 Å². The number of likely N-dealkylation sites (N-methyl/N-ethyl adjacent to an activating group) is 1. The van der Waals surface area contributed by atoms with Crippen molar-refractivity contribution in [2.45, 2.75) is 12.8 Å². The molecule has 0 atom stereocenters. The molecule has 0 saturated heterocycles. The number of benzene rings is 1. The van der Waals surface area contributed by atoms with Gasteiger partial charge in [-0.3, -0.25) is 15.0 Å². The predicted octanol–water partition coefficient (Wildman–Crippen LogP) is 0.746. The maximum absolute atomic E-state index is 11.2. The average Bonchev–Trinajstić information content (AvgIpc) is 2.29. The molecule has 3 amide bonds. The molecule has 0 unspecified atom stereocenters. The van der Waals surface area contributed by atoms with Crippen molar-refractivity contribution in [1.29, 1.82) is 0 Å². The number of imide groups is 1. The lowest BCUT2D eigenvalue weighted by Crippen LogP contribution is -2.41. The van der Waals surface area contributed by atoms with Gasteiger partial charge in [0.05, 0.1) is 6.54 Å². The van der Waals surface area contributed by atoms with Crippen LogP contribution in [-0.4, -0.2) is 37.0 Å². The van der Waals surface area contributed by atoms with Gasteiger partial charge >= 0.3 is 6.03 Å². The number of nitrogens with two attached hydrogens (primary N) is 1. The number of nitrogens with zero attached hydrogens (tertiary/aromatic N) is 1. The number of aryl methyl sites for hydroxylation is 1. The summed E-state index contributed by atoms with van der Waals surface area (Å²) in [4.78, 5) is 23.6. The van der Waals surface area contributed by atoms with Crippen molar-refractivity contribution in [3.05, 3.63) is 35.9 Å². The summed E-state index contributed by atoms with van der Waals surface area (Å²) >= 11 is 0. The Hall–Kier alpha value is -1.88. The Bertz CT molecular complexity index is 392. The van der Waals surface area contributed by atoms with Crippen LogP contribution in [0.2, 0.25) is 0 Å². The Morgan fingerprint density at radius 1 is 1.28 bits per heavy atom. The topological polar surface area (TPSA) is 75.4 Å². The van der Waals surface area contributed by atoms with Crippen LogP contribution in [-0.2, 0) is 11.2 Å². The third kappa shape index (κ3) is 6.00. The number of hydrogen-bond acceptors (Lipinski definition) is 3. The van der Waals surface area contributed by atoms with E-state index in [-0.39, 0.29) is 12.5 Å². The Kier molecular flexibility index (Phi) is 5.87. The van der Waals surface area contributed by atoms with E-state index in [0.29, 0.717) is 0 Å². The second-order valence-electron chi connectivity index (χ2n) is 4.24. The van der Waals surface area contributed by atoms with E-state index in [1.54, 1.807) is 0 Å². The Morgan fingerprint density at radius 2 is 1.94 bits per heavy atom. The molecule has 98 valence electrons. The number of hydrogen-bond donors (Lipinski definition) is 2. The van der Waals surface area contributed by atoms with E-state index in [0.717, 1.165) is 19.4 Å². The molecule has 18 heavy (non-hydrogen) atoms. The van der Waals surface area contributed by atoms with Gasteiger partial charge in [-0.2, -0.15) is 0 Å². The van der Waals surface area contributed by atoms with Crippen molar-refractivity contribution >= 4 is 11.9 Å². The van der Waals surface area contributed by atoms with Crippen molar-refractivity contribution in [1.82, 2.24) is 10.2 Å². The largest absolute Gasteiger partial charge is 0.351 e. The monoisotopic (exact) mass is 249 g/mol. The van der Waals surface area contributed by atoms with Crippen LogP contribution in [0.4, 0.5) is 4.79 Å². The minimum Gasteiger partial charge on any atom is -0.351 e. The molecular formula is C13H19N3O2. The molecule has 0 fully saturated rings. The second kappa shape index (κ2) is 7.45. The van der Waals surface area contributed by atoms with Gasteiger partial charge in [-0.05, 0) is 32.0 Å². The molecule has 1 rings (SSSR count). The number of amides is 3. The number of nitrogens with one attached hydrogen (secondary N) is 1. The number of rotatable bonds is 6. The molecule has 0 aliphatic carbocycles. The van der Waals surface area contributed by atoms with Gasteiger partial charge in [0.1, 0.15) is 0 Å². The molecule has 0 spiro atoms. The molecule has 0 aliphatic rings. The van der Waals surface area contributed by atoms with Crippen molar-refractivity contribution in [2.75, 3.05) is 20.1 Å². The highest BCUT2D eigenvalue weighted by Crippen LogP contribution is 2.02. The number of carbonyl (C=O) groups is 2. The summed E-state index contributed by atoms with van der Waals surface area (Å²) < 4.78 is 0. The summed E-state index contributed by atoms with van der Waals surface area (Å²) in [5.74, 6) is -0.371. The van der Waals surface area contributed by atoms with Crippen molar-refractivity contribution in [3.63, 3.8) is 0 Å². The highest BCUT2D eigenvalue weighted by molar-refractivity contribution is 5.94. The summed E-state index contributed by atoms with van der Waals surface area (Å²) in [7, 11) is 1.84. The standard InChI is InChI=1S/C13H19N3O2/c1-16(10-12(17)15-13(14)18)9-5-8-11-6-3-2-4-7-11/h2-4,6-7H,5,8-10H2,1H3,(H3,14,15,17,18). The second-order valence-corrected chi connectivity index (χ2v) is 4.24. The molecular weight excluding hydrogens is 230 g/mol. The van der Waals surface area contributed by atoms with Gasteiger partial charge in [0.15, 0.2) is 0 Å². The van der Waals surface area contributed by atoms with Crippen LogP contribution in [0.15, 0.2) is 30.3 Å². The zero-order valence-corrected chi connectivity index (χ0v) is 10.6. The molecule has 0 radical (unpaired) electrons. The minimum atomic E-state index is -0.808. The van der Waals surface area contributed by atoms with Gasteiger partial charge in [-0.1, -0.05) is 30.3 Å². The van der Waals surface area contributed by atoms with Crippen LogP contribution in [0.3, 0.4) is 0 Å². The molecule has 5 heteroatoms. The van der Waals surface area contributed by atoms with Crippen LogP contribution in [0.1, 0.15) is 12.0 Å². The number of primary amides is 1. The Labute approximate surface area is 107 Å². The molecule has 0 heterocycles. The van der Waals surface area contributed by atoms with Crippen LogP contribution in [0, 0.1) is 0 Å². The van der Waals surface area contributed by atoms with Crippen LogP contribution in [0.5, 0.6) is 0 Å². The fraction of sp³-hybridized carbons (Fsp3) is 0.385. The molecule has 3 N–H and O–H groups in total. The van der Waals surface area contributed by atoms with Crippen molar-refractivity contribution in [3.8, 4) is 0 Å². The molecule has 1 aromatic carbocycles. The first-order valence-electron chi connectivity index (χ1n) is 5.89. The molecule has 1 aromatic rings. The quantitative estimate of drug-likeness (QED) is 0.781. The van der Waals surface area contributed by atoms with E-state index >= 15 is 0 Å². The van der Waals surface area contributed by atoms with E-state index in [1.165, 1.54) is 5.56 Å². The van der Waals surface area contributed by atoms with E-state index in [4.69, 9.17) is 5.73 Å². The van der Waals surface area contributed by atoms with Gasteiger partial charge in [-0.25, -0.2) is 4.79 Å².